The van der Waals surface area contributed by atoms with E-state index in [9.17, 15) is 0 Å². The molecule has 86 valence electrons. The van der Waals surface area contributed by atoms with Gasteiger partial charge >= 0.3 is 0 Å². The lowest BCUT2D eigenvalue weighted by atomic mass is 10.1. The molecule has 2 aromatic rings. The molecule has 17 heavy (non-hydrogen) atoms. The van der Waals surface area contributed by atoms with Gasteiger partial charge in [0.1, 0.15) is 18.0 Å². The van der Waals surface area contributed by atoms with Crippen molar-refractivity contribution in [2.45, 2.75) is 13.3 Å². The molecule has 0 radical (unpaired) electrons. The summed E-state index contributed by atoms with van der Waals surface area (Å²) in [6, 6.07) is 5.86. The molecule has 0 atom stereocenters. The van der Waals surface area contributed by atoms with Gasteiger partial charge in [-0.1, -0.05) is 6.07 Å². The smallest absolute Gasteiger partial charge is 0.231 e. The van der Waals surface area contributed by atoms with E-state index in [1.807, 2.05) is 25.1 Å². The fourth-order valence-electron chi connectivity index (χ4n) is 1.74. The predicted molar refractivity (Wildman–Crippen MR) is 59.9 cm³/mol. The summed E-state index contributed by atoms with van der Waals surface area (Å²) < 4.78 is 10.6. The highest BCUT2D eigenvalue weighted by atomic mass is 16.7. The molecule has 0 saturated heterocycles. The number of fused-ring (bicyclic) bond motifs is 1. The zero-order valence-electron chi connectivity index (χ0n) is 9.38. The maximum Gasteiger partial charge on any atom is 0.231 e. The van der Waals surface area contributed by atoms with Crippen LogP contribution < -0.4 is 9.47 Å². The first kappa shape index (κ1) is 10.0. The molecule has 0 aliphatic carbocycles. The average molecular weight is 229 g/mol. The molecule has 3 rings (SSSR count). The van der Waals surface area contributed by atoms with Gasteiger partial charge in [0.2, 0.25) is 6.79 Å². The van der Waals surface area contributed by atoms with Crippen LogP contribution in [-0.4, -0.2) is 21.7 Å². The Labute approximate surface area is 98.5 Å². The van der Waals surface area contributed by atoms with Crippen LogP contribution in [0.15, 0.2) is 24.5 Å². The van der Waals surface area contributed by atoms with Crippen molar-refractivity contribution in [3.63, 3.8) is 0 Å². The number of aryl methyl sites for hydroxylation is 1. The zero-order valence-corrected chi connectivity index (χ0v) is 9.38. The lowest BCUT2D eigenvalue weighted by molar-refractivity contribution is 0.174. The summed E-state index contributed by atoms with van der Waals surface area (Å²) >= 11 is 0. The number of nitrogens with zero attached hydrogens (tertiary/aromatic N) is 3. The SMILES string of the molecule is Cc1ncnc(Cc2ccc3c(c2)OCO3)n1. The lowest BCUT2D eigenvalue weighted by Gasteiger charge is -2.02. The van der Waals surface area contributed by atoms with Gasteiger partial charge in [-0.15, -0.1) is 0 Å². The Morgan fingerprint density at radius 3 is 2.94 bits per heavy atom. The summed E-state index contributed by atoms with van der Waals surface area (Å²) in [6.07, 6.45) is 2.20. The van der Waals surface area contributed by atoms with Crippen LogP contribution in [0, 0.1) is 6.92 Å². The van der Waals surface area contributed by atoms with Gasteiger partial charge in [0.25, 0.3) is 0 Å². The summed E-state index contributed by atoms with van der Waals surface area (Å²) in [5.74, 6) is 3.07. The molecule has 1 aromatic heterocycles. The summed E-state index contributed by atoms with van der Waals surface area (Å²) in [7, 11) is 0. The Morgan fingerprint density at radius 2 is 2.06 bits per heavy atom. The van der Waals surface area contributed by atoms with Gasteiger partial charge < -0.3 is 9.47 Å². The number of hydrogen-bond acceptors (Lipinski definition) is 5. The van der Waals surface area contributed by atoms with E-state index in [0.717, 1.165) is 28.7 Å². The standard InChI is InChI=1S/C12H11N3O2/c1-8-13-6-14-12(15-8)5-9-2-3-10-11(4-9)17-7-16-10/h2-4,6H,5,7H2,1H3. The molecule has 1 aliphatic heterocycles. The number of benzene rings is 1. The third kappa shape index (κ3) is 2.04. The average Bonchev–Trinajstić information content (AvgIpc) is 2.76. The fraction of sp³-hybridized carbons (Fsp3) is 0.250. The predicted octanol–water partition coefficient (Wildman–Crippen LogP) is 1.50. The summed E-state index contributed by atoms with van der Waals surface area (Å²) in [5.41, 5.74) is 1.10. The molecule has 0 bridgehead atoms. The quantitative estimate of drug-likeness (QED) is 0.781. The molecule has 0 saturated carbocycles. The van der Waals surface area contributed by atoms with Gasteiger partial charge in [0.15, 0.2) is 11.5 Å². The molecule has 5 nitrogen and oxygen atoms in total. The minimum Gasteiger partial charge on any atom is -0.454 e. The van der Waals surface area contributed by atoms with E-state index in [-0.39, 0.29) is 0 Å². The van der Waals surface area contributed by atoms with Crippen molar-refractivity contribution in [1.82, 2.24) is 15.0 Å². The number of ether oxygens (including phenoxy) is 2. The van der Waals surface area contributed by atoms with E-state index in [1.54, 1.807) is 0 Å². The highest BCUT2D eigenvalue weighted by molar-refractivity contribution is 5.45. The van der Waals surface area contributed by atoms with Crippen LogP contribution >= 0.6 is 0 Å². The summed E-state index contributed by atoms with van der Waals surface area (Å²) in [5, 5.41) is 0. The monoisotopic (exact) mass is 229 g/mol. The summed E-state index contributed by atoms with van der Waals surface area (Å²) in [4.78, 5) is 12.4. The third-order valence-electron chi connectivity index (χ3n) is 2.54. The van der Waals surface area contributed by atoms with E-state index in [0.29, 0.717) is 13.2 Å². The van der Waals surface area contributed by atoms with Crippen molar-refractivity contribution in [1.29, 1.82) is 0 Å². The second kappa shape index (κ2) is 4.01. The van der Waals surface area contributed by atoms with Crippen LogP contribution in [0.2, 0.25) is 0 Å². The lowest BCUT2D eigenvalue weighted by Crippen LogP contribution is -1.99. The Morgan fingerprint density at radius 1 is 1.18 bits per heavy atom. The number of hydrogen-bond donors (Lipinski definition) is 0. The van der Waals surface area contributed by atoms with Gasteiger partial charge in [-0.25, -0.2) is 15.0 Å². The molecule has 0 fully saturated rings. The maximum atomic E-state index is 5.33. The van der Waals surface area contributed by atoms with Gasteiger partial charge in [0, 0.05) is 6.42 Å². The molecule has 0 spiro atoms. The first-order chi connectivity index (χ1) is 8.31. The first-order valence-corrected chi connectivity index (χ1v) is 5.34. The highest BCUT2D eigenvalue weighted by Gasteiger charge is 2.13. The number of aromatic nitrogens is 3. The van der Waals surface area contributed by atoms with E-state index >= 15 is 0 Å². The van der Waals surface area contributed by atoms with E-state index in [4.69, 9.17) is 9.47 Å². The van der Waals surface area contributed by atoms with Crippen molar-refractivity contribution in [3.8, 4) is 11.5 Å². The van der Waals surface area contributed by atoms with Crippen molar-refractivity contribution < 1.29 is 9.47 Å². The molecule has 0 unspecified atom stereocenters. The Bertz CT molecular complexity index is 557. The van der Waals surface area contributed by atoms with Gasteiger partial charge in [-0.3, -0.25) is 0 Å². The Balaban J connectivity index is 1.86. The second-order valence-corrected chi connectivity index (χ2v) is 3.81. The summed E-state index contributed by atoms with van der Waals surface area (Å²) in [6.45, 7) is 2.15. The minimum absolute atomic E-state index is 0.295. The van der Waals surface area contributed by atoms with E-state index in [2.05, 4.69) is 15.0 Å². The maximum absolute atomic E-state index is 5.33. The van der Waals surface area contributed by atoms with Gasteiger partial charge in [-0.2, -0.15) is 0 Å². The molecular formula is C12H11N3O2. The van der Waals surface area contributed by atoms with Crippen LogP contribution in [0.25, 0.3) is 0 Å². The molecule has 1 aromatic carbocycles. The van der Waals surface area contributed by atoms with Crippen molar-refractivity contribution in [2.24, 2.45) is 0 Å². The second-order valence-electron chi connectivity index (χ2n) is 3.81. The third-order valence-corrected chi connectivity index (χ3v) is 2.54. The van der Waals surface area contributed by atoms with Crippen molar-refractivity contribution >= 4 is 0 Å². The van der Waals surface area contributed by atoms with Crippen LogP contribution in [-0.2, 0) is 6.42 Å². The highest BCUT2D eigenvalue weighted by Crippen LogP contribution is 2.32. The Kier molecular flexibility index (Phi) is 2.36. The first-order valence-electron chi connectivity index (χ1n) is 5.34. The zero-order chi connectivity index (χ0) is 11.7. The number of rotatable bonds is 2. The molecule has 5 heteroatoms. The normalized spacial score (nSPS) is 12.8. The van der Waals surface area contributed by atoms with Crippen molar-refractivity contribution in [3.05, 3.63) is 41.7 Å². The van der Waals surface area contributed by atoms with Crippen LogP contribution in [0.4, 0.5) is 0 Å². The molecule has 1 aliphatic rings. The van der Waals surface area contributed by atoms with Gasteiger partial charge in [0.05, 0.1) is 0 Å². The molecule has 0 N–H and O–H groups in total. The Hall–Kier alpha value is -2.17. The van der Waals surface area contributed by atoms with E-state index < -0.39 is 0 Å². The van der Waals surface area contributed by atoms with Gasteiger partial charge in [-0.05, 0) is 24.6 Å². The molecule has 0 amide bonds. The van der Waals surface area contributed by atoms with Crippen molar-refractivity contribution in [2.75, 3.05) is 6.79 Å². The minimum atomic E-state index is 0.295. The fourth-order valence-corrected chi connectivity index (χ4v) is 1.74. The molecular weight excluding hydrogens is 218 g/mol. The van der Waals surface area contributed by atoms with Crippen LogP contribution in [0.5, 0.6) is 11.5 Å². The largest absolute Gasteiger partial charge is 0.454 e. The topological polar surface area (TPSA) is 57.1 Å². The van der Waals surface area contributed by atoms with E-state index in [1.165, 1.54) is 6.33 Å². The van der Waals surface area contributed by atoms with Crippen LogP contribution in [0.1, 0.15) is 17.2 Å². The van der Waals surface area contributed by atoms with Crippen LogP contribution in [0.3, 0.4) is 0 Å². The molecule has 2 heterocycles.